The average Bonchev–Trinajstić information content (AvgIpc) is 2.83. The second kappa shape index (κ2) is 5.51. The minimum Gasteiger partial charge on any atom is -0.508 e. The Kier molecular flexibility index (Phi) is 3.70. The summed E-state index contributed by atoms with van der Waals surface area (Å²) in [7, 11) is 1.97. The van der Waals surface area contributed by atoms with Crippen molar-refractivity contribution in [3.05, 3.63) is 70.5 Å². The van der Waals surface area contributed by atoms with E-state index >= 15 is 0 Å². The van der Waals surface area contributed by atoms with Gasteiger partial charge in [-0.15, -0.1) is 0 Å². The van der Waals surface area contributed by atoms with E-state index in [9.17, 15) is 9.50 Å². The van der Waals surface area contributed by atoms with Crippen LogP contribution in [-0.2, 0) is 0 Å². The van der Waals surface area contributed by atoms with Crippen LogP contribution in [0.1, 0.15) is 17.2 Å². The minimum atomic E-state index is -0.268. The molecule has 2 nitrogen and oxygen atoms in total. The molecule has 2 aromatic carbocycles. The second-order valence-electron chi connectivity index (χ2n) is 5.27. The van der Waals surface area contributed by atoms with Gasteiger partial charge in [0.2, 0.25) is 0 Å². The standard InChI is InChI=1S/C17H15ClFNO/c1-20-10-12(15-9-13(18)5-6-16(15)19)8-17(20)11-3-2-4-14(21)7-11/h2-9,17,21H,10H2,1H3/t17-/m0/s1. The molecule has 1 atom stereocenters. The fourth-order valence-corrected chi connectivity index (χ4v) is 2.89. The van der Waals surface area contributed by atoms with Crippen molar-refractivity contribution >= 4 is 17.2 Å². The molecular weight excluding hydrogens is 289 g/mol. The Morgan fingerprint density at radius 1 is 1.24 bits per heavy atom. The van der Waals surface area contributed by atoms with Crippen LogP contribution in [0.15, 0.2) is 48.5 Å². The Morgan fingerprint density at radius 2 is 2.05 bits per heavy atom. The molecule has 0 aromatic heterocycles. The number of hydrogen-bond acceptors (Lipinski definition) is 2. The number of phenolic OH excluding ortho intramolecular Hbond substituents is 1. The third kappa shape index (κ3) is 2.80. The van der Waals surface area contributed by atoms with E-state index in [1.165, 1.54) is 6.07 Å². The van der Waals surface area contributed by atoms with Crippen molar-refractivity contribution in [2.24, 2.45) is 0 Å². The number of benzene rings is 2. The molecule has 0 spiro atoms. The van der Waals surface area contributed by atoms with Gasteiger partial charge in [-0.25, -0.2) is 4.39 Å². The molecule has 0 aliphatic carbocycles. The molecule has 4 heteroatoms. The molecule has 0 saturated heterocycles. The van der Waals surface area contributed by atoms with E-state index in [2.05, 4.69) is 4.90 Å². The lowest BCUT2D eigenvalue weighted by atomic mass is 10.0. The van der Waals surface area contributed by atoms with Crippen LogP contribution in [0.4, 0.5) is 4.39 Å². The molecule has 0 unspecified atom stereocenters. The SMILES string of the molecule is CN1CC(c2cc(Cl)ccc2F)=C[C@H]1c1cccc(O)c1. The molecule has 1 aliphatic heterocycles. The van der Waals surface area contributed by atoms with Crippen molar-refractivity contribution in [2.45, 2.75) is 6.04 Å². The van der Waals surface area contributed by atoms with Gasteiger partial charge >= 0.3 is 0 Å². The van der Waals surface area contributed by atoms with Gasteiger partial charge in [-0.2, -0.15) is 0 Å². The summed E-state index contributed by atoms with van der Waals surface area (Å²) in [4.78, 5) is 2.10. The van der Waals surface area contributed by atoms with Gasteiger partial charge in [0.15, 0.2) is 0 Å². The summed E-state index contributed by atoms with van der Waals surface area (Å²) in [6.45, 7) is 0.636. The average molecular weight is 304 g/mol. The zero-order valence-corrected chi connectivity index (χ0v) is 12.3. The van der Waals surface area contributed by atoms with E-state index in [-0.39, 0.29) is 17.6 Å². The fraction of sp³-hybridized carbons (Fsp3) is 0.176. The number of likely N-dealkylation sites (N-methyl/N-ethyl adjacent to an activating group) is 1. The van der Waals surface area contributed by atoms with E-state index < -0.39 is 0 Å². The molecule has 0 radical (unpaired) electrons. The summed E-state index contributed by atoms with van der Waals surface area (Å²) in [5, 5.41) is 10.1. The highest BCUT2D eigenvalue weighted by Crippen LogP contribution is 2.35. The van der Waals surface area contributed by atoms with Crippen molar-refractivity contribution in [3.63, 3.8) is 0 Å². The van der Waals surface area contributed by atoms with Crippen molar-refractivity contribution in [2.75, 3.05) is 13.6 Å². The van der Waals surface area contributed by atoms with Gasteiger partial charge in [0, 0.05) is 17.1 Å². The zero-order chi connectivity index (χ0) is 15.0. The first-order chi connectivity index (χ1) is 10.0. The quantitative estimate of drug-likeness (QED) is 0.896. The maximum atomic E-state index is 14.0. The predicted octanol–water partition coefficient (Wildman–Crippen LogP) is 4.25. The van der Waals surface area contributed by atoms with Crippen LogP contribution in [0.2, 0.25) is 5.02 Å². The molecular formula is C17H15ClFNO. The molecule has 1 heterocycles. The molecule has 108 valence electrons. The highest BCUT2D eigenvalue weighted by Gasteiger charge is 2.25. The Morgan fingerprint density at radius 3 is 2.81 bits per heavy atom. The van der Waals surface area contributed by atoms with Crippen LogP contribution in [0.5, 0.6) is 5.75 Å². The van der Waals surface area contributed by atoms with Crippen molar-refractivity contribution < 1.29 is 9.50 Å². The summed E-state index contributed by atoms with van der Waals surface area (Å²) in [6.07, 6.45) is 2.02. The Labute approximate surface area is 128 Å². The van der Waals surface area contributed by atoms with Gasteiger partial charge in [0.1, 0.15) is 11.6 Å². The highest BCUT2D eigenvalue weighted by atomic mass is 35.5. The number of halogens is 2. The van der Waals surface area contributed by atoms with Gasteiger partial charge in [0.25, 0.3) is 0 Å². The largest absolute Gasteiger partial charge is 0.508 e. The maximum absolute atomic E-state index is 14.0. The first-order valence-electron chi connectivity index (χ1n) is 6.70. The number of aromatic hydroxyl groups is 1. The summed E-state index contributed by atoms with van der Waals surface area (Å²) in [6, 6.07) is 11.7. The van der Waals surface area contributed by atoms with E-state index in [1.807, 2.05) is 25.3 Å². The zero-order valence-electron chi connectivity index (χ0n) is 11.6. The van der Waals surface area contributed by atoms with Crippen LogP contribution in [0.25, 0.3) is 5.57 Å². The first-order valence-corrected chi connectivity index (χ1v) is 7.07. The third-order valence-corrected chi connectivity index (χ3v) is 3.97. The van der Waals surface area contributed by atoms with E-state index in [4.69, 9.17) is 11.6 Å². The van der Waals surface area contributed by atoms with E-state index in [0.29, 0.717) is 17.1 Å². The summed E-state index contributed by atoms with van der Waals surface area (Å²) < 4.78 is 14.0. The molecule has 21 heavy (non-hydrogen) atoms. The third-order valence-electron chi connectivity index (χ3n) is 3.74. The lowest BCUT2D eigenvalue weighted by molar-refractivity contribution is 0.341. The van der Waals surface area contributed by atoms with Gasteiger partial charge < -0.3 is 5.11 Å². The monoisotopic (exact) mass is 303 g/mol. The number of phenols is 1. The van der Waals surface area contributed by atoms with Gasteiger partial charge in [-0.1, -0.05) is 29.8 Å². The van der Waals surface area contributed by atoms with E-state index in [1.54, 1.807) is 24.3 Å². The van der Waals surface area contributed by atoms with E-state index in [0.717, 1.165) is 11.1 Å². The van der Waals surface area contributed by atoms with Crippen LogP contribution in [-0.4, -0.2) is 23.6 Å². The molecule has 2 aromatic rings. The second-order valence-corrected chi connectivity index (χ2v) is 5.71. The topological polar surface area (TPSA) is 23.5 Å². The fourth-order valence-electron chi connectivity index (χ4n) is 2.72. The first kappa shape index (κ1) is 14.1. The van der Waals surface area contributed by atoms with Gasteiger partial charge in [-0.05, 0) is 48.5 Å². The molecule has 0 amide bonds. The minimum absolute atomic E-state index is 0.0190. The molecule has 3 rings (SSSR count). The molecule has 0 fully saturated rings. The lowest BCUT2D eigenvalue weighted by Crippen LogP contribution is -2.19. The highest BCUT2D eigenvalue weighted by molar-refractivity contribution is 6.30. The summed E-state index contributed by atoms with van der Waals surface area (Å²) >= 11 is 5.97. The summed E-state index contributed by atoms with van der Waals surface area (Å²) in [5.41, 5.74) is 2.43. The predicted molar refractivity (Wildman–Crippen MR) is 82.9 cm³/mol. The van der Waals surface area contributed by atoms with Crippen LogP contribution in [0, 0.1) is 5.82 Å². The van der Waals surface area contributed by atoms with Gasteiger partial charge in [-0.3, -0.25) is 4.90 Å². The maximum Gasteiger partial charge on any atom is 0.130 e. The smallest absolute Gasteiger partial charge is 0.130 e. The Bertz CT molecular complexity index is 714. The summed E-state index contributed by atoms with van der Waals surface area (Å²) in [5.74, 6) is -0.0349. The Balaban J connectivity index is 1.99. The normalized spacial score (nSPS) is 18.8. The lowest BCUT2D eigenvalue weighted by Gasteiger charge is -2.19. The van der Waals surface area contributed by atoms with Crippen LogP contribution in [0.3, 0.4) is 0 Å². The number of rotatable bonds is 2. The molecule has 0 bridgehead atoms. The Hall–Kier alpha value is -1.84. The van der Waals surface area contributed by atoms with Crippen LogP contribution >= 0.6 is 11.6 Å². The molecule has 1 aliphatic rings. The van der Waals surface area contributed by atoms with Crippen molar-refractivity contribution in [1.29, 1.82) is 0 Å². The van der Waals surface area contributed by atoms with Crippen LogP contribution < -0.4 is 0 Å². The number of nitrogens with zero attached hydrogens (tertiary/aromatic N) is 1. The van der Waals surface area contributed by atoms with Crippen molar-refractivity contribution in [3.8, 4) is 5.75 Å². The van der Waals surface area contributed by atoms with Gasteiger partial charge in [0.05, 0.1) is 6.04 Å². The van der Waals surface area contributed by atoms with Crippen molar-refractivity contribution in [1.82, 2.24) is 4.90 Å². The number of hydrogen-bond donors (Lipinski definition) is 1. The molecule has 0 saturated carbocycles. The molecule has 1 N–H and O–H groups in total.